The van der Waals surface area contributed by atoms with Crippen molar-refractivity contribution < 1.29 is 0 Å². The van der Waals surface area contributed by atoms with Gasteiger partial charge < -0.3 is 0 Å². The maximum Gasteiger partial charge on any atom is 0.133 e. The first kappa shape index (κ1) is 11.0. The average Bonchev–Trinajstić information content (AvgIpc) is 2.30. The van der Waals surface area contributed by atoms with Gasteiger partial charge in [0.15, 0.2) is 0 Å². The first-order valence-electron chi connectivity index (χ1n) is 5.23. The van der Waals surface area contributed by atoms with E-state index in [1.54, 1.807) is 18.5 Å². The molecule has 0 saturated carbocycles. The van der Waals surface area contributed by atoms with Gasteiger partial charge >= 0.3 is 0 Å². The highest BCUT2D eigenvalue weighted by Gasteiger charge is 2.04. The van der Waals surface area contributed by atoms with Crippen molar-refractivity contribution in [2.75, 3.05) is 0 Å². The third-order valence-corrected chi connectivity index (χ3v) is 2.38. The predicted octanol–water partition coefficient (Wildman–Crippen LogP) is 3.14. The van der Waals surface area contributed by atoms with Gasteiger partial charge in [-0.1, -0.05) is 18.5 Å². The van der Waals surface area contributed by atoms with Crippen molar-refractivity contribution in [2.45, 2.75) is 19.8 Å². The summed E-state index contributed by atoms with van der Waals surface area (Å²) in [6.45, 7) is 2.09. The van der Waals surface area contributed by atoms with Gasteiger partial charge in [-0.15, -0.1) is 0 Å². The van der Waals surface area contributed by atoms with Crippen LogP contribution >= 0.6 is 11.6 Å². The Morgan fingerprint density at radius 1 is 1.19 bits per heavy atom. The molecular weight excluding hydrogens is 222 g/mol. The molecule has 0 fully saturated rings. The molecule has 4 heteroatoms. The fourth-order valence-corrected chi connectivity index (χ4v) is 1.67. The van der Waals surface area contributed by atoms with Gasteiger partial charge in [0.25, 0.3) is 0 Å². The Labute approximate surface area is 99.5 Å². The molecule has 0 bridgehead atoms. The lowest BCUT2D eigenvalue weighted by atomic mass is 10.2. The van der Waals surface area contributed by atoms with Crippen LogP contribution in [0.2, 0.25) is 5.15 Å². The number of rotatable bonds is 3. The lowest BCUT2D eigenvalue weighted by Gasteiger charge is -2.04. The Balaban J connectivity index is 2.41. The smallest absolute Gasteiger partial charge is 0.133 e. The first-order chi connectivity index (χ1) is 7.79. The summed E-state index contributed by atoms with van der Waals surface area (Å²) in [5.74, 6) is 0.793. The molecular formula is C12H12ClN3. The second kappa shape index (κ2) is 5.03. The van der Waals surface area contributed by atoms with Crippen molar-refractivity contribution in [3.8, 4) is 11.3 Å². The number of hydrogen-bond donors (Lipinski definition) is 0. The molecule has 0 radical (unpaired) electrons. The van der Waals surface area contributed by atoms with Gasteiger partial charge in [-0.05, 0) is 18.6 Å². The van der Waals surface area contributed by atoms with E-state index in [-0.39, 0.29) is 0 Å². The van der Waals surface area contributed by atoms with Gasteiger partial charge in [0, 0.05) is 30.4 Å². The second-order valence-electron chi connectivity index (χ2n) is 3.48. The maximum absolute atomic E-state index is 5.97. The number of aryl methyl sites for hydroxylation is 1. The zero-order valence-corrected chi connectivity index (χ0v) is 9.78. The maximum atomic E-state index is 5.97. The highest BCUT2D eigenvalue weighted by Crippen LogP contribution is 2.19. The molecule has 0 unspecified atom stereocenters. The summed E-state index contributed by atoms with van der Waals surface area (Å²) in [6.07, 6.45) is 5.34. The second-order valence-corrected chi connectivity index (χ2v) is 3.87. The summed E-state index contributed by atoms with van der Waals surface area (Å²) in [7, 11) is 0. The molecule has 0 spiro atoms. The number of nitrogens with zero attached hydrogens (tertiary/aromatic N) is 3. The third kappa shape index (κ3) is 2.55. The van der Waals surface area contributed by atoms with E-state index in [4.69, 9.17) is 11.6 Å². The molecule has 2 aromatic heterocycles. The summed E-state index contributed by atoms with van der Waals surface area (Å²) >= 11 is 5.97. The molecule has 2 rings (SSSR count). The van der Waals surface area contributed by atoms with Crippen LogP contribution in [0.5, 0.6) is 0 Å². The van der Waals surface area contributed by atoms with E-state index in [2.05, 4.69) is 21.9 Å². The monoisotopic (exact) mass is 233 g/mol. The highest BCUT2D eigenvalue weighted by atomic mass is 35.5. The van der Waals surface area contributed by atoms with Crippen LogP contribution in [0.25, 0.3) is 11.3 Å². The third-order valence-electron chi connectivity index (χ3n) is 2.19. The van der Waals surface area contributed by atoms with Crippen LogP contribution in [-0.2, 0) is 6.42 Å². The van der Waals surface area contributed by atoms with Crippen LogP contribution in [0.4, 0.5) is 0 Å². The molecule has 0 aromatic carbocycles. The Hall–Kier alpha value is -1.48. The molecule has 16 heavy (non-hydrogen) atoms. The molecule has 0 amide bonds. The largest absolute Gasteiger partial charge is 0.265 e. The van der Waals surface area contributed by atoms with E-state index in [0.717, 1.165) is 29.9 Å². The lowest BCUT2D eigenvalue weighted by molar-refractivity contribution is 0.836. The van der Waals surface area contributed by atoms with Crippen LogP contribution in [0.3, 0.4) is 0 Å². The molecule has 0 N–H and O–H groups in total. The summed E-state index contributed by atoms with van der Waals surface area (Å²) in [4.78, 5) is 12.6. The van der Waals surface area contributed by atoms with Crippen LogP contribution in [0.15, 0.2) is 30.6 Å². The molecule has 0 aliphatic heterocycles. The Bertz CT molecular complexity index is 471. The molecule has 0 atom stereocenters. The fourth-order valence-electron chi connectivity index (χ4n) is 1.47. The number of pyridine rings is 1. The van der Waals surface area contributed by atoms with Crippen molar-refractivity contribution in [3.63, 3.8) is 0 Å². The minimum absolute atomic E-state index is 0.491. The van der Waals surface area contributed by atoms with Crippen molar-refractivity contribution in [1.82, 2.24) is 15.0 Å². The minimum atomic E-state index is 0.491. The van der Waals surface area contributed by atoms with Crippen LogP contribution in [0.1, 0.15) is 19.2 Å². The summed E-state index contributed by atoms with van der Waals surface area (Å²) in [6, 6.07) is 5.60. The van der Waals surface area contributed by atoms with Gasteiger partial charge in [0.05, 0.1) is 5.69 Å². The number of hydrogen-bond acceptors (Lipinski definition) is 3. The molecule has 0 aliphatic rings. The van der Waals surface area contributed by atoms with Crippen LogP contribution < -0.4 is 0 Å². The lowest BCUT2D eigenvalue weighted by Crippen LogP contribution is -1.96. The molecule has 0 aliphatic carbocycles. The van der Waals surface area contributed by atoms with E-state index in [9.17, 15) is 0 Å². The van der Waals surface area contributed by atoms with E-state index >= 15 is 0 Å². The van der Waals surface area contributed by atoms with Crippen molar-refractivity contribution in [2.24, 2.45) is 0 Å². The summed E-state index contributed by atoms with van der Waals surface area (Å²) in [5.41, 5.74) is 1.86. The predicted molar refractivity (Wildman–Crippen MR) is 64.3 cm³/mol. The number of halogens is 1. The fraction of sp³-hybridized carbons (Fsp3) is 0.250. The van der Waals surface area contributed by atoms with Crippen molar-refractivity contribution in [1.29, 1.82) is 0 Å². The zero-order chi connectivity index (χ0) is 11.4. The Morgan fingerprint density at radius 3 is 2.62 bits per heavy atom. The zero-order valence-electron chi connectivity index (χ0n) is 9.02. The topological polar surface area (TPSA) is 38.7 Å². The molecule has 3 nitrogen and oxygen atoms in total. The van der Waals surface area contributed by atoms with Gasteiger partial charge in [-0.25, -0.2) is 9.97 Å². The summed E-state index contributed by atoms with van der Waals surface area (Å²) < 4.78 is 0. The Morgan fingerprint density at radius 2 is 1.94 bits per heavy atom. The van der Waals surface area contributed by atoms with Gasteiger partial charge in [0.2, 0.25) is 0 Å². The standard InChI is InChI=1S/C12H12ClN3/c1-2-3-12-15-10(8-11(13)16-12)9-4-6-14-7-5-9/h4-8H,2-3H2,1H3. The van der Waals surface area contributed by atoms with Crippen LogP contribution in [0, 0.1) is 0 Å². The highest BCUT2D eigenvalue weighted by molar-refractivity contribution is 6.29. The molecule has 2 aromatic rings. The van der Waals surface area contributed by atoms with Crippen molar-refractivity contribution >= 4 is 11.6 Å². The Kier molecular flexibility index (Phi) is 3.47. The van der Waals surface area contributed by atoms with E-state index in [0.29, 0.717) is 5.15 Å². The number of aromatic nitrogens is 3. The minimum Gasteiger partial charge on any atom is -0.265 e. The normalized spacial score (nSPS) is 10.4. The van der Waals surface area contributed by atoms with Gasteiger partial charge in [-0.2, -0.15) is 0 Å². The molecule has 2 heterocycles. The SMILES string of the molecule is CCCc1nc(Cl)cc(-c2ccncc2)n1. The van der Waals surface area contributed by atoms with Crippen LogP contribution in [-0.4, -0.2) is 15.0 Å². The molecule has 82 valence electrons. The molecule has 0 saturated heterocycles. The van der Waals surface area contributed by atoms with E-state index in [1.165, 1.54) is 0 Å². The van der Waals surface area contributed by atoms with E-state index < -0.39 is 0 Å². The van der Waals surface area contributed by atoms with E-state index in [1.807, 2.05) is 12.1 Å². The average molecular weight is 234 g/mol. The van der Waals surface area contributed by atoms with Gasteiger partial charge in [0.1, 0.15) is 11.0 Å². The quantitative estimate of drug-likeness (QED) is 0.765. The first-order valence-corrected chi connectivity index (χ1v) is 5.61. The van der Waals surface area contributed by atoms with Crippen molar-refractivity contribution in [3.05, 3.63) is 41.6 Å². The van der Waals surface area contributed by atoms with Gasteiger partial charge in [-0.3, -0.25) is 4.98 Å². The summed E-state index contributed by atoms with van der Waals surface area (Å²) in [5, 5.41) is 0.491.